The minimum Gasteiger partial charge on any atom is -0.460 e. The highest BCUT2D eigenvalue weighted by molar-refractivity contribution is 5.81. The zero-order valence-electron chi connectivity index (χ0n) is 35.8. The van der Waals surface area contributed by atoms with Crippen LogP contribution in [0.4, 0.5) is 0 Å². The van der Waals surface area contributed by atoms with Crippen LogP contribution in [0.25, 0.3) is 0 Å². The Morgan fingerprint density at radius 3 is 1.63 bits per heavy atom. The van der Waals surface area contributed by atoms with Crippen molar-refractivity contribution < 1.29 is 114 Å². The first kappa shape index (κ1) is 51.2. The molecule has 3 saturated carbocycles. The van der Waals surface area contributed by atoms with Crippen LogP contribution >= 0.6 is 0 Å². The summed E-state index contributed by atoms with van der Waals surface area (Å²) >= 11 is 0. The third kappa shape index (κ3) is 11.7. The highest BCUT2D eigenvalue weighted by atomic mass is 16.7. The van der Waals surface area contributed by atoms with Crippen LogP contribution < -0.4 is 0 Å². The lowest BCUT2D eigenvalue weighted by Gasteiger charge is -2.50. The molecule has 15 N–H and O–H groups in total. The number of hydrogen-bond acceptors (Lipinski definition) is 22. The summed E-state index contributed by atoms with van der Waals surface area (Å²) in [5, 5.41) is 146. The molecular weight excluding hydrogens is 872 g/mol. The molecule has 374 valence electrons. The van der Waals surface area contributed by atoms with E-state index in [0.29, 0.717) is 32.1 Å². The van der Waals surface area contributed by atoms with Gasteiger partial charge >= 0.3 is 5.97 Å². The van der Waals surface area contributed by atoms with Gasteiger partial charge in [0.05, 0.1) is 49.7 Å². The van der Waals surface area contributed by atoms with Crippen molar-refractivity contribution in [1.82, 2.24) is 0 Å². The molecular formula is C42H69O23+. The summed E-state index contributed by atoms with van der Waals surface area (Å²) in [6.45, 7) is -1.90. The number of aliphatic hydroxyl groups is 16. The monoisotopic (exact) mass is 941 g/mol. The molecule has 0 bridgehead atoms. The smallest absolute Gasteiger partial charge is 0.330 e. The van der Waals surface area contributed by atoms with Crippen molar-refractivity contribution in [2.45, 2.75) is 205 Å². The Balaban J connectivity index is 0.985. The van der Waals surface area contributed by atoms with Crippen molar-refractivity contribution in [2.75, 3.05) is 19.8 Å². The van der Waals surface area contributed by atoms with E-state index in [1.54, 1.807) is 0 Å². The van der Waals surface area contributed by atoms with Gasteiger partial charge in [-0.25, -0.2) is 4.79 Å². The van der Waals surface area contributed by atoms with Gasteiger partial charge in [0.1, 0.15) is 86.0 Å². The lowest BCUT2D eigenvalue weighted by Crippen LogP contribution is -2.64. The van der Waals surface area contributed by atoms with Gasteiger partial charge in [0, 0.05) is 24.8 Å². The van der Waals surface area contributed by atoms with E-state index < -0.39 is 173 Å². The van der Waals surface area contributed by atoms with Crippen molar-refractivity contribution in [3.05, 3.63) is 12.2 Å². The molecule has 7 rings (SSSR count). The maximum Gasteiger partial charge on any atom is 0.330 e. The van der Waals surface area contributed by atoms with E-state index in [-0.39, 0.29) is 43.9 Å². The number of ether oxygens (including phenoxy) is 8. The zero-order valence-corrected chi connectivity index (χ0v) is 35.8. The first-order valence-electron chi connectivity index (χ1n) is 22.8. The molecule has 0 amide bonds. The first-order valence-corrected chi connectivity index (χ1v) is 22.8. The Morgan fingerprint density at radius 1 is 0.538 bits per heavy atom. The summed E-state index contributed by atoms with van der Waals surface area (Å²) < 4.78 is 46.0. The number of hydrogen-bond donors (Lipinski definition) is 14. The predicted octanol–water partition coefficient (Wildman–Crippen LogP) is -6.20. The molecule has 3 aliphatic carbocycles. The fraction of sp³-hybridized carbons (Fsp3) is 0.929. The molecule has 0 aromatic carbocycles. The largest absolute Gasteiger partial charge is 0.460 e. The summed E-state index contributed by atoms with van der Waals surface area (Å²) in [7, 11) is 0. The summed E-state index contributed by atoms with van der Waals surface area (Å²) in [4.78, 5) is 13.0. The maximum atomic E-state index is 13.0. The number of carbonyl (C=O) groups is 1. The van der Waals surface area contributed by atoms with E-state index in [1.165, 1.54) is 6.08 Å². The van der Waals surface area contributed by atoms with Gasteiger partial charge in [-0.05, 0) is 57.3 Å². The zero-order chi connectivity index (χ0) is 46.9. The second-order valence-electron chi connectivity index (χ2n) is 18.9. The van der Waals surface area contributed by atoms with Crippen LogP contribution in [0, 0.1) is 17.8 Å². The molecule has 0 spiro atoms. The lowest BCUT2D eigenvalue weighted by molar-refractivity contribution is -0.366. The van der Waals surface area contributed by atoms with E-state index >= 15 is 0 Å². The number of rotatable bonds is 13. The maximum absolute atomic E-state index is 13.0. The summed E-state index contributed by atoms with van der Waals surface area (Å²) in [5.41, 5.74) is 0. The van der Waals surface area contributed by atoms with E-state index in [1.807, 2.05) is 0 Å². The van der Waals surface area contributed by atoms with E-state index in [2.05, 4.69) is 0 Å². The topological polar surface area (TPSA) is 378 Å². The molecule has 7 fully saturated rings. The third-order valence-electron chi connectivity index (χ3n) is 14.4. The molecule has 24 unspecified atom stereocenters. The molecule has 0 aromatic rings. The molecule has 23 nitrogen and oxygen atoms in total. The second kappa shape index (κ2) is 22.4. The van der Waals surface area contributed by atoms with Crippen LogP contribution in [0.3, 0.4) is 0 Å². The SMILES string of the molecule is O=C(C=CC1CCC(O)C(OC2OC(CO)C(O)C(O)C2O)C1)OCC1OC(OC2CC3C(OC4OC(CO)C(O)C(O)C4O)CC(O)CC3[OH+]C2C2CCC(O)CC2)C(O)C(O)C1O. The Hall–Kier alpha value is -1.63. The fourth-order valence-electron chi connectivity index (χ4n) is 10.5. The highest BCUT2D eigenvalue weighted by Crippen LogP contribution is 2.44. The van der Waals surface area contributed by atoms with Gasteiger partial charge in [0.15, 0.2) is 31.1 Å². The molecule has 4 saturated heterocycles. The van der Waals surface area contributed by atoms with E-state index in [0.717, 1.165) is 6.08 Å². The number of allylic oxidation sites excluding steroid dienone is 1. The molecule has 0 radical (unpaired) electrons. The molecule has 23 heteroatoms. The van der Waals surface area contributed by atoms with Crippen molar-refractivity contribution in [3.8, 4) is 0 Å². The van der Waals surface area contributed by atoms with Gasteiger partial charge in [0.2, 0.25) is 0 Å². The van der Waals surface area contributed by atoms with Gasteiger partial charge in [-0.3, -0.25) is 0 Å². The van der Waals surface area contributed by atoms with Crippen LogP contribution in [0.2, 0.25) is 0 Å². The first-order chi connectivity index (χ1) is 31.0. The van der Waals surface area contributed by atoms with Crippen LogP contribution in [0.15, 0.2) is 12.2 Å². The van der Waals surface area contributed by atoms with Gasteiger partial charge in [-0.1, -0.05) is 6.08 Å². The average molecular weight is 942 g/mol. The number of fused-ring (bicyclic) bond motifs is 1. The Bertz CT molecular complexity index is 1530. The summed E-state index contributed by atoms with van der Waals surface area (Å²) in [6, 6.07) is 0. The van der Waals surface area contributed by atoms with Crippen LogP contribution in [-0.2, 0) is 38.0 Å². The Kier molecular flexibility index (Phi) is 17.7. The van der Waals surface area contributed by atoms with Gasteiger partial charge < -0.3 is 109 Å². The van der Waals surface area contributed by atoms with Crippen molar-refractivity contribution >= 4 is 5.97 Å². The lowest BCUT2D eigenvalue weighted by atomic mass is 9.73. The van der Waals surface area contributed by atoms with Crippen molar-refractivity contribution in [1.29, 1.82) is 0 Å². The van der Waals surface area contributed by atoms with Gasteiger partial charge in [-0.2, -0.15) is 0 Å². The quantitative estimate of drug-likeness (QED) is 0.0464. The van der Waals surface area contributed by atoms with Crippen LogP contribution in [0.5, 0.6) is 0 Å². The minimum absolute atomic E-state index is 0.0767. The fourth-order valence-corrected chi connectivity index (χ4v) is 10.5. The van der Waals surface area contributed by atoms with Gasteiger partial charge in [0.25, 0.3) is 0 Å². The number of carbonyl (C=O) groups excluding carboxylic acids is 1. The van der Waals surface area contributed by atoms with Gasteiger partial charge in [-0.15, -0.1) is 0 Å². The third-order valence-corrected chi connectivity index (χ3v) is 14.4. The molecule has 7 aliphatic rings. The normalized spacial score (nSPS) is 51.0. The van der Waals surface area contributed by atoms with Crippen molar-refractivity contribution in [3.63, 3.8) is 0 Å². The molecule has 24 atom stereocenters. The average Bonchev–Trinajstić information content (AvgIpc) is 3.29. The minimum atomic E-state index is -1.80. The summed E-state index contributed by atoms with van der Waals surface area (Å²) in [5.74, 6) is -1.75. The number of aliphatic hydroxyl groups excluding tert-OH is 14. The van der Waals surface area contributed by atoms with Crippen molar-refractivity contribution in [2.24, 2.45) is 17.8 Å². The number of esters is 1. The van der Waals surface area contributed by atoms with E-state index in [9.17, 15) is 76.3 Å². The molecule has 0 aromatic heterocycles. The van der Waals surface area contributed by atoms with E-state index in [4.69, 9.17) is 37.9 Å². The molecule has 4 heterocycles. The predicted molar refractivity (Wildman–Crippen MR) is 213 cm³/mol. The van der Waals surface area contributed by atoms with Crippen LogP contribution in [0.1, 0.15) is 64.2 Å². The standard InChI is InChI=1S/C42H68O23/c43-13-26-30(49)33(52)36(55)40(63-26)60-23-11-19(46)10-22-20(23)12-25(39(59-22)17-3-5-18(45)6-4-17)62-42-38(57)35(54)32(51)28(65-42)15-58-29(48)8-2-16-1-7-21(47)24(9-16)61-41-37(56)34(53)31(50)27(14-44)64-41/h2,8,16-28,30-47,49-57H,1,3-7,9-15H2/p+1. The Labute approximate surface area is 374 Å². The Morgan fingerprint density at radius 2 is 1.06 bits per heavy atom. The van der Waals surface area contributed by atoms with Crippen LogP contribution in [-0.4, -0.2) is 243 Å². The summed E-state index contributed by atoms with van der Waals surface area (Å²) in [6.07, 6.45) is -23.2. The second-order valence-corrected chi connectivity index (χ2v) is 18.9. The molecule has 4 aliphatic heterocycles. The highest BCUT2D eigenvalue weighted by Gasteiger charge is 2.56. The molecule has 65 heavy (non-hydrogen) atoms.